The van der Waals surface area contributed by atoms with Gasteiger partial charge < -0.3 is 20.1 Å². The fourth-order valence-electron chi connectivity index (χ4n) is 2.28. The van der Waals surface area contributed by atoms with E-state index in [1.54, 1.807) is 18.2 Å². The van der Waals surface area contributed by atoms with Crippen molar-refractivity contribution in [2.24, 2.45) is 0 Å². The van der Waals surface area contributed by atoms with E-state index in [0.29, 0.717) is 43.2 Å². The molecule has 1 atom stereocenters. The fourth-order valence-corrected chi connectivity index (χ4v) is 2.28. The number of fused-ring (bicyclic) bond motifs is 1. The second-order valence-electron chi connectivity index (χ2n) is 4.86. The van der Waals surface area contributed by atoms with Crippen LogP contribution in [0, 0.1) is 0 Å². The fraction of sp³-hybridized carbons (Fsp3) is 0.429. The Morgan fingerprint density at radius 1 is 1.25 bits per heavy atom. The average Bonchev–Trinajstić information content (AvgIpc) is 2.74. The van der Waals surface area contributed by atoms with Crippen LogP contribution in [0.15, 0.2) is 18.2 Å². The van der Waals surface area contributed by atoms with Gasteiger partial charge in [-0.25, -0.2) is 0 Å². The zero-order chi connectivity index (χ0) is 13.9. The zero-order valence-corrected chi connectivity index (χ0v) is 11.0. The summed E-state index contributed by atoms with van der Waals surface area (Å²) < 4.78 is 11.1. The molecule has 1 fully saturated rings. The highest BCUT2D eigenvalue weighted by Crippen LogP contribution is 2.32. The summed E-state index contributed by atoms with van der Waals surface area (Å²) >= 11 is 0. The van der Waals surface area contributed by atoms with E-state index in [1.165, 1.54) is 0 Å². The lowest BCUT2D eigenvalue weighted by Gasteiger charge is -2.13. The van der Waals surface area contributed by atoms with Crippen molar-refractivity contribution in [3.05, 3.63) is 18.2 Å². The molecular weight excluding hydrogens is 260 g/mol. The summed E-state index contributed by atoms with van der Waals surface area (Å²) in [5, 5.41) is 5.43. The molecule has 0 spiro atoms. The minimum Gasteiger partial charge on any atom is -0.490 e. The quantitative estimate of drug-likeness (QED) is 0.847. The van der Waals surface area contributed by atoms with Crippen LogP contribution in [-0.2, 0) is 9.59 Å². The van der Waals surface area contributed by atoms with E-state index in [4.69, 9.17) is 9.47 Å². The highest BCUT2D eigenvalue weighted by Gasteiger charge is 2.27. The van der Waals surface area contributed by atoms with Crippen molar-refractivity contribution in [3.63, 3.8) is 0 Å². The number of carbonyl (C=O) groups excluding carboxylic acids is 2. The molecule has 2 aliphatic heterocycles. The van der Waals surface area contributed by atoms with Gasteiger partial charge in [0.25, 0.3) is 0 Å². The number of hydrogen-bond donors (Lipinski definition) is 2. The number of anilines is 1. The van der Waals surface area contributed by atoms with Crippen molar-refractivity contribution in [1.82, 2.24) is 5.32 Å². The molecule has 2 N–H and O–H groups in total. The van der Waals surface area contributed by atoms with Gasteiger partial charge in [-0.3, -0.25) is 9.59 Å². The Morgan fingerprint density at radius 3 is 2.80 bits per heavy atom. The molecule has 0 aliphatic carbocycles. The Morgan fingerprint density at radius 2 is 2.05 bits per heavy atom. The van der Waals surface area contributed by atoms with Gasteiger partial charge in [-0.15, -0.1) is 0 Å². The van der Waals surface area contributed by atoms with Gasteiger partial charge in [0.15, 0.2) is 11.5 Å². The Kier molecular flexibility index (Phi) is 3.45. The minimum atomic E-state index is -0.446. The van der Waals surface area contributed by atoms with Crippen molar-refractivity contribution >= 4 is 17.5 Å². The summed E-state index contributed by atoms with van der Waals surface area (Å²) in [6.07, 6.45) is 1.78. The molecule has 6 heteroatoms. The maximum atomic E-state index is 12.0. The number of benzene rings is 1. The first-order valence-corrected chi connectivity index (χ1v) is 6.72. The third kappa shape index (κ3) is 2.68. The van der Waals surface area contributed by atoms with Crippen LogP contribution in [-0.4, -0.2) is 31.1 Å². The van der Waals surface area contributed by atoms with Crippen LogP contribution in [0.4, 0.5) is 5.69 Å². The number of carbonyl (C=O) groups is 2. The maximum absolute atomic E-state index is 12.0. The van der Waals surface area contributed by atoms with Crippen molar-refractivity contribution < 1.29 is 19.1 Å². The molecule has 1 aromatic rings. The van der Waals surface area contributed by atoms with Gasteiger partial charge in [0.2, 0.25) is 11.8 Å². The summed E-state index contributed by atoms with van der Waals surface area (Å²) in [5.41, 5.74) is 0.639. The van der Waals surface area contributed by atoms with Crippen LogP contribution in [0.1, 0.15) is 19.3 Å². The van der Waals surface area contributed by atoms with Crippen molar-refractivity contribution in [1.29, 1.82) is 0 Å². The minimum absolute atomic E-state index is 0.0798. The van der Waals surface area contributed by atoms with Crippen molar-refractivity contribution in [3.8, 4) is 11.5 Å². The van der Waals surface area contributed by atoms with E-state index in [-0.39, 0.29) is 11.8 Å². The van der Waals surface area contributed by atoms with Crippen LogP contribution >= 0.6 is 0 Å². The SMILES string of the molecule is O=C1CCC(C(=O)Nc2ccc3c(c2)OCCCO3)N1. The van der Waals surface area contributed by atoms with E-state index < -0.39 is 6.04 Å². The molecule has 3 rings (SSSR count). The summed E-state index contributed by atoms with van der Waals surface area (Å²) in [6, 6.07) is 4.85. The maximum Gasteiger partial charge on any atom is 0.246 e. The molecule has 20 heavy (non-hydrogen) atoms. The highest BCUT2D eigenvalue weighted by atomic mass is 16.5. The van der Waals surface area contributed by atoms with Gasteiger partial charge in [0.05, 0.1) is 13.2 Å². The smallest absolute Gasteiger partial charge is 0.246 e. The van der Waals surface area contributed by atoms with Gasteiger partial charge in [0, 0.05) is 24.6 Å². The Balaban J connectivity index is 1.70. The Bertz CT molecular complexity index is 544. The van der Waals surface area contributed by atoms with Crippen molar-refractivity contribution in [2.45, 2.75) is 25.3 Å². The number of nitrogens with one attached hydrogen (secondary N) is 2. The molecule has 1 saturated heterocycles. The summed E-state index contributed by atoms with van der Waals surface area (Å²) in [6.45, 7) is 1.23. The molecule has 2 amide bonds. The molecular formula is C14H16N2O4. The predicted octanol–water partition coefficient (Wildman–Crippen LogP) is 1.06. The normalized spacial score (nSPS) is 21.0. The standard InChI is InChI=1S/C14H16N2O4/c17-13-5-3-10(16-13)14(18)15-9-2-4-11-12(8-9)20-7-1-6-19-11/h2,4,8,10H,1,3,5-7H2,(H,15,18)(H,16,17). The largest absolute Gasteiger partial charge is 0.490 e. The van der Waals surface area contributed by atoms with Crippen LogP contribution < -0.4 is 20.1 Å². The van der Waals surface area contributed by atoms with Gasteiger partial charge in [0.1, 0.15) is 6.04 Å². The molecule has 0 radical (unpaired) electrons. The number of amides is 2. The average molecular weight is 276 g/mol. The van der Waals surface area contributed by atoms with Gasteiger partial charge in [-0.2, -0.15) is 0 Å². The Labute approximate surface area is 116 Å². The summed E-state index contributed by atoms with van der Waals surface area (Å²) in [4.78, 5) is 23.1. The lowest BCUT2D eigenvalue weighted by molar-refractivity contribution is -0.122. The van der Waals surface area contributed by atoms with Crippen LogP contribution in [0.25, 0.3) is 0 Å². The second kappa shape index (κ2) is 5.40. The van der Waals surface area contributed by atoms with E-state index >= 15 is 0 Å². The van der Waals surface area contributed by atoms with Crippen LogP contribution in [0.5, 0.6) is 11.5 Å². The summed E-state index contributed by atoms with van der Waals surface area (Å²) in [7, 11) is 0. The van der Waals surface area contributed by atoms with Gasteiger partial charge in [-0.1, -0.05) is 0 Å². The first kappa shape index (κ1) is 12.8. The zero-order valence-electron chi connectivity index (χ0n) is 11.0. The van der Waals surface area contributed by atoms with Crippen LogP contribution in [0.3, 0.4) is 0 Å². The monoisotopic (exact) mass is 276 g/mol. The topological polar surface area (TPSA) is 76.7 Å². The molecule has 2 heterocycles. The molecule has 1 aromatic carbocycles. The first-order chi connectivity index (χ1) is 9.72. The van der Waals surface area contributed by atoms with Gasteiger partial charge in [-0.05, 0) is 18.6 Å². The number of rotatable bonds is 2. The first-order valence-electron chi connectivity index (χ1n) is 6.72. The lowest BCUT2D eigenvalue weighted by Crippen LogP contribution is -2.37. The van der Waals surface area contributed by atoms with Gasteiger partial charge >= 0.3 is 0 Å². The van der Waals surface area contributed by atoms with E-state index in [1.807, 2.05) is 0 Å². The third-order valence-corrected chi connectivity index (χ3v) is 3.33. The molecule has 2 aliphatic rings. The van der Waals surface area contributed by atoms with E-state index in [9.17, 15) is 9.59 Å². The molecule has 106 valence electrons. The summed E-state index contributed by atoms with van der Waals surface area (Å²) in [5.74, 6) is 1.04. The molecule has 0 bridgehead atoms. The molecule has 0 aromatic heterocycles. The highest BCUT2D eigenvalue weighted by molar-refractivity contribution is 5.99. The van der Waals surface area contributed by atoms with E-state index in [0.717, 1.165) is 6.42 Å². The van der Waals surface area contributed by atoms with E-state index in [2.05, 4.69) is 10.6 Å². The third-order valence-electron chi connectivity index (χ3n) is 3.33. The second-order valence-corrected chi connectivity index (χ2v) is 4.86. The lowest BCUT2D eigenvalue weighted by atomic mass is 10.2. The number of ether oxygens (including phenoxy) is 2. The molecule has 6 nitrogen and oxygen atoms in total. The van der Waals surface area contributed by atoms with Crippen molar-refractivity contribution in [2.75, 3.05) is 18.5 Å². The number of hydrogen-bond acceptors (Lipinski definition) is 4. The predicted molar refractivity (Wildman–Crippen MR) is 71.8 cm³/mol. The Hall–Kier alpha value is -2.24. The molecule has 0 saturated carbocycles. The molecule has 1 unspecified atom stereocenters. The van der Waals surface area contributed by atoms with Crippen LogP contribution in [0.2, 0.25) is 0 Å².